The predicted octanol–water partition coefficient (Wildman–Crippen LogP) is 0.738. The highest BCUT2D eigenvalue weighted by molar-refractivity contribution is 8.00. The summed E-state index contributed by atoms with van der Waals surface area (Å²) in [5.41, 5.74) is -0.0564. The fourth-order valence-electron chi connectivity index (χ4n) is 1.52. The molecule has 0 spiro atoms. The van der Waals surface area contributed by atoms with Gasteiger partial charge in [0.15, 0.2) is 5.16 Å². The number of ether oxygens (including phenoxy) is 1. The van der Waals surface area contributed by atoms with Gasteiger partial charge < -0.3 is 15.0 Å². The number of aromatic amines is 1. The summed E-state index contributed by atoms with van der Waals surface area (Å²) in [5.74, 6) is -0.237. The van der Waals surface area contributed by atoms with Crippen LogP contribution in [0.3, 0.4) is 0 Å². The molecule has 0 aliphatic heterocycles. The van der Waals surface area contributed by atoms with Gasteiger partial charge in [0.1, 0.15) is 0 Å². The average molecular weight is 327 g/mol. The second-order valence-corrected chi connectivity index (χ2v) is 6.52. The summed E-state index contributed by atoms with van der Waals surface area (Å²) >= 11 is 1.14. The average Bonchev–Trinajstić information content (AvgIpc) is 2.43. The Morgan fingerprint density at radius 3 is 2.68 bits per heavy atom. The third-order valence-corrected chi connectivity index (χ3v) is 3.65. The van der Waals surface area contributed by atoms with E-state index in [0.29, 0.717) is 23.3 Å². The molecule has 0 saturated heterocycles. The summed E-state index contributed by atoms with van der Waals surface area (Å²) in [7, 11) is 1.27. The van der Waals surface area contributed by atoms with Gasteiger partial charge in [0.2, 0.25) is 5.91 Å². The fraction of sp³-hybridized carbons (Fsp3) is 0.571. The Labute approximate surface area is 133 Å². The first-order chi connectivity index (χ1) is 10.3. The molecule has 2 N–H and O–H groups in total. The van der Waals surface area contributed by atoms with Crippen molar-refractivity contribution in [1.29, 1.82) is 0 Å². The van der Waals surface area contributed by atoms with Gasteiger partial charge in [-0.05, 0) is 12.8 Å². The van der Waals surface area contributed by atoms with Crippen molar-refractivity contribution in [2.24, 2.45) is 5.92 Å². The van der Waals surface area contributed by atoms with Crippen LogP contribution in [0.4, 0.5) is 0 Å². The largest absolute Gasteiger partial charge is 0.469 e. The highest BCUT2D eigenvalue weighted by atomic mass is 32.2. The topological polar surface area (TPSA) is 101 Å². The van der Waals surface area contributed by atoms with Gasteiger partial charge in [-0.3, -0.25) is 14.4 Å². The van der Waals surface area contributed by atoms with Crippen molar-refractivity contribution in [3.8, 4) is 0 Å². The number of amides is 1. The van der Waals surface area contributed by atoms with Crippen LogP contribution in [0.5, 0.6) is 0 Å². The van der Waals surface area contributed by atoms with Gasteiger partial charge in [-0.1, -0.05) is 25.6 Å². The number of thioether (sulfide) groups is 1. The molecule has 0 aliphatic rings. The van der Waals surface area contributed by atoms with Gasteiger partial charge in [0, 0.05) is 12.6 Å². The predicted molar refractivity (Wildman–Crippen MR) is 83.7 cm³/mol. The van der Waals surface area contributed by atoms with Crippen molar-refractivity contribution in [2.75, 3.05) is 13.7 Å². The van der Waals surface area contributed by atoms with E-state index >= 15 is 0 Å². The first-order valence-electron chi connectivity index (χ1n) is 6.93. The second kappa shape index (κ2) is 8.57. The minimum atomic E-state index is -0.475. The maximum atomic E-state index is 11.9. The van der Waals surface area contributed by atoms with Gasteiger partial charge >= 0.3 is 5.97 Å². The SMILES string of the molecule is COC(=O)Cc1cc(=O)[nH]c(S[C@H](C)C(=O)NCC(C)C)n1. The molecule has 0 radical (unpaired) electrons. The van der Waals surface area contributed by atoms with Crippen molar-refractivity contribution < 1.29 is 14.3 Å². The maximum absolute atomic E-state index is 11.9. The standard InChI is InChI=1S/C14H21N3O4S/c1-8(2)7-15-13(20)9(3)22-14-16-10(5-11(18)17-14)6-12(19)21-4/h5,8-9H,6-7H2,1-4H3,(H,15,20)(H,16,17,18)/t9-/m1/s1. The molecule has 7 nitrogen and oxygen atoms in total. The molecule has 0 fully saturated rings. The van der Waals surface area contributed by atoms with E-state index in [9.17, 15) is 14.4 Å². The highest BCUT2D eigenvalue weighted by Crippen LogP contribution is 2.18. The van der Waals surface area contributed by atoms with Crippen molar-refractivity contribution in [3.05, 3.63) is 22.1 Å². The first-order valence-corrected chi connectivity index (χ1v) is 7.81. The number of rotatable bonds is 7. The van der Waals surface area contributed by atoms with E-state index in [1.54, 1.807) is 6.92 Å². The molecule has 0 aliphatic carbocycles. The van der Waals surface area contributed by atoms with Gasteiger partial charge in [0.05, 0.1) is 24.5 Å². The molecular weight excluding hydrogens is 306 g/mol. The third-order valence-electron chi connectivity index (χ3n) is 2.67. The Morgan fingerprint density at radius 2 is 2.09 bits per heavy atom. The van der Waals surface area contributed by atoms with Crippen LogP contribution in [-0.2, 0) is 20.7 Å². The normalized spacial score (nSPS) is 12.0. The third kappa shape index (κ3) is 6.30. The molecule has 1 amide bonds. The number of hydrogen-bond donors (Lipinski definition) is 2. The molecule has 0 unspecified atom stereocenters. The summed E-state index contributed by atoms with van der Waals surface area (Å²) in [6, 6.07) is 1.24. The number of methoxy groups -OCH3 is 1. The van der Waals surface area contributed by atoms with E-state index in [4.69, 9.17) is 0 Å². The summed E-state index contributed by atoms with van der Waals surface area (Å²) in [6.45, 7) is 6.34. The summed E-state index contributed by atoms with van der Waals surface area (Å²) in [4.78, 5) is 41.5. The Balaban J connectivity index is 2.74. The molecular formula is C14H21N3O4S. The molecule has 1 atom stereocenters. The lowest BCUT2D eigenvalue weighted by molar-refractivity contribution is -0.139. The second-order valence-electron chi connectivity index (χ2n) is 5.19. The molecule has 22 heavy (non-hydrogen) atoms. The maximum Gasteiger partial charge on any atom is 0.311 e. The molecule has 0 aromatic carbocycles. The minimum absolute atomic E-state index is 0.0814. The number of esters is 1. The smallest absolute Gasteiger partial charge is 0.311 e. The van der Waals surface area contributed by atoms with Gasteiger partial charge in [0.25, 0.3) is 5.56 Å². The summed E-state index contributed by atoms with van der Waals surface area (Å²) in [5, 5.41) is 2.72. The van der Waals surface area contributed by atoms with Crippen LogP contribution in [-0.4, -0.2) is 40.7 Å². The lowest BCUT2D eigenvalue weighted by Crippen LogP contribution is -2.33. The number of aromatic nitrogens is 2. The van der Waals surface area contributed by atoms with Crippen molar-refractivity contribution in [2.45, 2.75) is 37.6 Å². The van der Waals surface area contributed by atoms with Gasteiger partial charge in [-0.25, -0.2) is 4.98 Å². The zero-order valence-electron chi connectivity index (χ0n) is 13.1. The zero-order chi connectivity index (χ0) is 16.7. The number of nitrogens with one attached hydrogen (secondary N) is 2. The number of H-pyrrole nitrogens is 1. The first kappa shape index (κ1) is 18.2. The van der Waals surface area contributed by atoms with E-state index in [-0.39, 0.29) is 17.9 Å². The van der Waals surface area contributed by atoms with Crippen LogP contribution >= 0.6 is 11.8 Å². The lowest BCUT2D eigenvalue weighted by atomic mass is 10.2. The van der Waals surface area contributed by atoms with E-state index in [1.807, 2.05) is 13.8 Å². The Hall–Kier alpha value is -1.83. The Bertz CT molecular complexity index is 586. The summed E-state index contributed by atoms with van der Waals surface area (Å²) in [6.07, 6.45) is -0.0814. The van der Waals surface area contributed by atoms with Crippen LogP contribution < -0.4 is 10.9 Å². The van der Waals surface area contributed by atoms with E-state index in [2.05, 4.69) is 20.0 Å². The molecule has 1 heterocycles. The van der Waals surface area contributed by atoms with Crippen LogP contribution in [0, 0.1) is 5.92 Å². The van der Waals surface area contributed by atoms with Gasteiger partial charge in [-0.2, -0.15) is 0 Å². The fourth-order valence-corrected chi connectivity index (χ4v) is 2.37. The van der Waals surface area contributed by atoms with E-state index in [1.165, 1.54) is 13.2 Å². The molecule has 8 heteroatoms. The molecule has 0 saturated carbocycles. The molecule has 122 valence electrons. The quantitative estimate of drug-likeness (QED) is 0.435. The number of carbonyl (C=O) groups excluding carboxylic acids is 2. The number of carbonyl (C=O) groups is 2. The van der Waals surface area contributed by atoms with Crippen molar-refractivity contribution >= 4 is 23.6 Å². The molecule has 1 aromatic rings. The Kier molecular flexibility index (Phi) is 7.10. The number of hydrogen-bond acceptors (Lipinski definition) is 6. The van der Waals surface area contributed by atoms with E-state index < -0.39 is 11.2 Å². The van der Waals surface area contributed by atoms with Crippen LogP contribution in [0.2, 0.25) is 0 Å². The Morgan fingerprint density at radius 1 is 1.41 bits per heavy atom. The van der Waals surface area contributed by atoms with Crippen LogP contribution in [0.25, 0.3) is 0 Å². The monoisotopic (exact) mass is 327 g/mol. The van der Waals surface area contributed by atoms with Crippen molar-refractivity contribution in [3.63, 3.8) is 0 Å². The lowest BCUT2D eigenvalue weighted by Gasteiger charge is -2.13. The van der Waals surface area contributed by atoms with E-state index in [0.717, 1.165) is 11.8 Å². The molecule has 0 bridgehead atoms. The van der Waals surface area contributed by atoms with Crippen LogP contribution in [0.15, 0.2) is 16.0 Å². The zero-order valence-corrected chi connectivity index (χ0v) is 14.0. The van der Waals surface area contributed by atoms with Crippen LogP contribution in [0.1, 0.15) is 26.5 Å². The molecule has 1 rings (SSSR count). The molecule has 1 aromatic heterocycles. The number of nitrogens with zero attached hydrogens (tertiary/aromatic N) is 1. The highest BCUT2D eigenvalue weighted by Gasteiger charge is 2.16. The van der Waals surface area contributed by atoms with Crippen molar-refractivity contribution in [1.82, 2.24) is 15.3 Å². The van der Waals surface area contributed by atoms with Gasteiger partial charge in [-0.15, -0.1) is 0 Å². The summed E-state index contributed by atoms with van der Waals surface area (Å²) < 4.78 is 4.55. The minimum Gasteiger partial charge on any atom is -0.469 e.